The average Bonchev–Trinajstić information content (AvgIpc) is 2.36. The number of hydrogen-bond donors (Lipinski definition) is 1. The Morgan fingerprint density at radius 2 is 1.80 bits per heavy atom. The van der Waals surface area contributed by atoms with Crippen LogP contribution in [0.25, 0.3) is 0 Å². The molecule has 0 aliphatic heterocycles. The first-order valence-electron chi connectivity index (χ1n) is 7.51. The Hall–Kier alpha value is -0.900. The summed E-state index contributed by atoms with van der Waals surface area (Å²) in [5.41, 5.74) is 4.13. The Bertz CT molecular complexity index is 401. The van der Waals surface area contributed by atoms with Gasteiger partial charge in [0.25, 0.3) is 0 Å². The van der Waals surface area contributed by atoms with Gasteiger partial charge in [0.2, 0.25) is 0 Å². The number of likely N-dealkylation sites (N-methyl/N-ethyl adjacent to an activating group) is 2. The van der Waals surface area contributed by atoms with Crippen LogP contribution in [0, 0.1) is 13.8 Å². The van der Waals surface area contributed by atoms with Gasteiger partial charge in [-0.2, -0.15) is 0 Å². The van der Waals surface area contributed by atoms with Crippen LogP contribution in [-0.2, 0) is 0 Å². The molecule has 3 nitrogen and oxygen atoms in total. The Morgan fingerprint density at radius 3 is 2.35 bits per heavy atom. The van der Waals surface area contributed by atoms with Gasteiger partial charge >= 0.3 is 0 Å². The van der Waals surface area contributed by atoms with E-state index in [-0.39, 0.29) is 0 Å². The van der Waals surface area contributed by atoms with E-state index in [0.717, 1.165) is 19.6 Å². The molecular formula is C17H31N3. The molecule has 0 aliphatic rings. The van der Waals surface area contributed by atoms with Gasteiger partial charge in [-0.25, -0.2) is 0 Å². The Morgan fingerprint density at radius 1 is 1.10 bits per heavy atom. The summed E-state index contributed by atoms with van der Waals surface area (Å²) >= 11 is 0. The third-order valence-electron chi connectivity index (χ3n) is 3.79. The van der Waals surface area contributed by atoms with Gasteiger partial charge in [0.05, 0.1) is 0 Å². The maximum absolute atomic E-state index is 3.46. The maximum Gasteiger partial charge on any atom is 0.0449 e. The molecule has 0 heterocycles. The molecular weight excluding hydrogens is 246 g/mol. The topological polar surface area (TPSA) is 18.5 Å². The van der Waals surface area contributed by atoms with Gasteiger partial charge in [-0.1, -0.05) is 23.8 Å². The van der Waals surface area contributed by atoms with Crippen LogP contribution in [0.4, 0.5) is 0 Å². The third-order valence-corrected chi connectivity index (χ3v) is 3.79. The number of nitrogens with zero attached hydrogens (tertiary/aromatic N) is 2. The van der Waals surface area contributed by atoms with Gasteiger partial charge < -0.3 is 15.1 Å². The van der Waals surface area contributed by atoms with Crippen molar-refractivity contribution < 1.29 is 0 Å². The molecule has 1 N–H and O–H groups in total. The number of rotatable bonds is 8. The second kappa shape index (κ2) is 8.40. The molecule has 0 saturated heterocycles. The molecule has 1 rings (SSSR count). The lowest BCUT2D eigenvalue weighted by Gasteiger charge is -2.26. The van der Waals surface area contributed by atoms with Crippen molar-refractivity contribution >= 4 is 0 Å². The van der Waals surface area contributed by atoms with E-state index in [0.29, 0.717) is 6.04 Å². The fourth-order valence-electron chi connectivity index (χ4n) is 2.62. The number of aryl methyl sites for hydroxylation is 2. The minimum Gasteiger partial charge on any atom is -0.312 e. The molecule has 0 radical (unpaired) electrons. The minimum atomic E-state index is 0.403. The SMILES string of the molecule is CNC(CN(C)CCCN(C)C)c1ccc(C)cc1C. The van der Waals surface area contributed by atoms with Crippen molar-refractivity contribution in [2.75, 3.05) is 47.8 Å². The molecule has 1 aromatic rings. The van der Waals surface area contributed by atoms with Crippen LogP contribution in [0.5, 0.6) is 0 Å². The first kappa shape index (κ1) is 17.2. The second-order valence-corrected chi connectivity index (χ2v) is 6.12. The predicted octanol–water partition coefficient (Wildman–Crippen LogP) is 2.45. The van der Waals surface area contributed by atoms with E-state index in [1.54, 1.807) is 0 Å². The molecule has 0 spiro atoms. The molecule has 0 aliphatic carbocycles. The van der Waals surface area contributed by atoms with Crippen molar-refractivity contribution in [1.29, 1.82) is 0 Å². The Kier molecular flexibility index (Phi) is 7.20. The summed E-state index contributed by atoms with van der Waals surface area (Å²) in [5, 5.41) is 3.46. The highest BCUT2D eigenvalue weighted by molar-refractivity contribution is 5.33. The lowest BCUT2D eigenvalue weighted by molar-refractivity contribution is 0.275. The molecule has 114 valence electrons. The summed E-state index contributed by atoms with van der Waals surface area (Å²) in [6.07, 6.45) is 1.22. The van der Waals surface area contributed by atoms with Crippen molar-refractivity contribution in [1.82, 2.24) is 15.1 Å². The maximum atomic E-state index is 3.46. The molecule has 0 amide bonds. The highest BCUT2D eigenvalue weighted by Crippen LogP contribution is 2.19. The summed E-state index contributed by atoms with van der Waals surface area (Å²) < 4.78 is 0. The van der Waals surface area contributed by atoms with Crippen molar-refractivity contribution in [2.45, 2.75) is 26.3 Å². The van der Waals surface area contributed by atoms with E-state index in [4.69, 9.17) is 0 Å². The third kappa shape index (κ3) is 5.61. The van der Waals surface area contributed by atoms with Crippen molar-refractivity contribution in [3.05, 3.63) is 34.9 Å². The van der Waals surface area contributed by atoms with Crippen molar-refractivity contribution in [3.8, 4) is 0 Å². The molecule has 0 fully saturated rings. The number of nitrogens with one attached hydrogen (secondary N) is 1. The standard InChI is InChI=1S/C17H31N3/c1-14-8-9-16(15(2)12-14)17(18-3)13-20(6)11-7-10-19(4)5/h8-9,12,17-18H,7,10-11,13H2,1-6H3. The predicted molar refractivity (Wildman–Crippen MR) is 88.4 cm³/mol. The molecule has 3 heteroatoms. The quantitative estimate of drug-likeness (QED) is 0.787. The summed E-state index contributed by atoms with van der Waals surface area (Å²) in [6, 6.07) is 7.14. The molecule has 0 aromatic heterocycles. The summed E-state index contributed by atoms with van der Waals surface area (Å²) in [5.74, 6) is 0. The number of hydrogen-bond acceptors (Lipinski definition) is 3. The highest BCUT2D eigenvalue weighted by Gasteiger charge is 2.14. The molecule has 0 saturated carbocycles. The van der Waals surface area contributed by atoms with E-state index in [2.05, 4.69) is 75.4 Å². The molecule has 1 unspecified atom stereocenters. The molecule has 1 atom stereocenters. The zero-order chi connectivity index (χ0) is 15.1. The first-order valence-corrected chi connectivity index (χ1v) is 7.51. The van der Waals surface area contributed by atoms with Crippen LogP contribution in [0.15, 0.2) is 18.2 Å². The van der Waals surface area contributed by atoms with Gasteiger partial charge in [-0.3, -0.25) is 0 Å². The average molecular weight is 277 g/mol. The highest BCUT2D eigenvalue weighted by atomic mass is 15.1. The summed E-state index contributed by atoms with van der Waals surface area (Å²) in [7, 11) is 8.53. The van der Waals surface area contributed by atoms with Crippen molar-refractivity contribution in [2.24, 2.45) is 0 Å². The van der Waals surface area contributed by atoms with Crippen LogP contribution in [0.1, 0.15) is 29.2 Å². The van der Waals surface area contributed by atoms with Crippen LogP contribution < -0.4 is 5.32 Å². The lowest BCUT2D eigenvalue weighted by Crippen LogP contribution is -2.33. The van der Waals surface area contributed by atoms with Gasteiger partial charge in [0, 0.05) is 12.6 Å². The van der Waals surface area contributed by atoms with Gasteiger partial charge in [-0.05, 0) is 72.7 Å². The van der Waals surface area contributed by atoms with Crippen LogP contribution in [0.2, 0.25) is 0 Å². The summed E-state index contributed by atoms with van der Waals surface area (Å²) in [6.45, 7) is 7.70. The van der Waals surface area contributed by atoms with Gasteiger partial charge in [0.15, 0.2) is 0 Å². The van der Waals surface area contributed by atoms with E-state index in [9.17, 15) is 0 Å². The van der Waals surface area contributed by atoms with Crippen LogP contribution >= 0.6 is 0 Å². The summed E-state index contributed by atoms with van der Waals surface area (Å²) in [4.78, 5) is 4.66. The zero-order valence-corrected chi connectivity index (χ0v) is 14.0. The largest absolute Gasteiger partial charge is 0.312 e. The van der Waals surface area contributed by atoms with Crippen molar-refractivity contribution in [3.63, 3.8) is 0 Å². The normalized spacial score (nSPS) is 13.2. The van der Waals surface area contributed by atoms with Gasteiger partial charge in [0.1, 0.15) is 0 Å². The van der Waals surface area contributed by atoms with E-state index in [1.165, 1.54) is 23.1 Å². The smallest absolute Gasteiger partial charge is 0.0449 e. The Labute approximate surface area is 125 Å². The monoisotopic (exact) mass is 277 g/mol. The fraction of sp³-hybridized carbons (Fsp3) is 0.647. The zero-order valence-electron chi connectivity index (χ0n) is 14.0. The Balaban J connectivity index is 2.58. The van der Waals surface area contributed by atoms with Gasteiger partial charge in [-0.15, -0.1) is 0 Å². The molecule has 0 bridgehead atoms. The molecule has 20 heavy (non-hydrogen) atoms. The van der Waals surface area contributed by atoms with Crippen LogP contribution in [0.3, 0.4) is 0 Å². The number of benzene rings is 1. The van der Waals surface area contributed by atoms with Crippen LogP contribution in [-0.4, -0.2) is 57.6 Å². The second-order valence-electron chi connectivity index (χ2n) is 6.12. The fourth-order valence-corrected chi connectivity index (χ4v) is 2.62. The lowest BCUT2D eigenvalue weighted by atomic mass is 9.99. The van der Waals surface area contributed by atoms with E-state index >= 15 is 0 Å². The molecule has 1 aromatic carbocycles. The first-order chi connectivity index (χ1) is 9.43. The van der Waals surface area contributed by atoms with E-state index < -0.39 is 0 Å². The minimum absolute atomic E-state index is 0.403. The van der Waals surface area contributed by atoms with E-state index in [1.807, 2.05) is 0 Å².